The number of non-ortho nitro benzene ring substituents is 1. The summed E-state index contributed by atoms with van der Waals surface area (Å²) < 4.78 is 5.61. The Bertz CT molecular complexity index is 992. The monoisotopic (exact) mass is 365 g/mol. The van der Waals surface area contributed by atoms with Gasteiger partial charge in [-0.15, -0.1) is 0 Å². The molecule has 26 heavy (non-hydrogen) atoms. The van der Waals surface area contributed by atoms with Gasteiger partial charge in [0.1, 0.15) is 23.1 Å². The summed E-state index contributed by atoms with van der Waals surface area (Å²) in [6.45, 7) is 0. The van der Waals surface area contributed by atoms with Gasteiger partial charge in [-0.05, 0) is 41.8 Å². The van der Waals surface area contributed by atoms with E-state index in [0.717, 1.165) is 6.07 Å². The summed E-state index contributed by atoms with van der Waals surface area (Å²) in [5, 5.41) is 26.2. The van der Waals surface area contributed by atoms with E-state index in [2.05, 4.69) is 5.32 Å². The van der Waals surface area contributed by atoms with Crippen molar-refractivity contribution in [1.29, 1.82) is 5.26 Å². The highest BCUT2D eigenvalue weighted by Gasteiger charge is 2.12. The molecule has 0 radical (unpaired) electrons. The van der Waals surface area contributed by atoms with E-state index in [1.807, 2.05) is 11.4 Å². The van der Waals surface area contributed by atoms with Crippen LogP contribution in [0.15, 0.2) is 59.3 Å². The van der Waals surface area contributed by atoms with E-state index in [-0.39, 0.29) is 22.9 Å². The highest BCUT2D eigenvalue weighted by Crippen LogP contribution is 2.29. The first-order valence-corrected chi connectivity index (χ1v) is 8.31. The van der Waals surface area contributed by atoms with Crippen LogP contribution >= 0.6 is 11.3 Å². The Morgan fingerprint density at radius 1 is 1.19 bits per heavy atom. The molecular weight excluding hydrogens is 354 g/mol. The number of rotatable bonds is 5. The Morgan fingerprint density at radius 2 is 1.96 bits per heavy atom. The van der Waals surface area contributed by atoms with Gasteiger partial charge in [-0.2, -0.15) is 16.6 Å². The van der Waals surface area contributed by atoms with Crippen LogP contribution in [0.2, 0.25) is 0 Å². The van der Waals surface area contributed by atoms with Crippen LogP contribution in [0.25, 0.3) is 0 Å². The van der Waals surface area contributed by atoms with Gasteiger partial charge in [0.25, 0.3) is 11.6 Å². The number of amides is 1. The highest BCUT2D eigenvalue weighted by molar-refractivity contribution is 7.08. The number of ether oxygens (including phenoxy) is 1. The SMILES string of the molecule is N#Cc1cc([N+](=O)[O-])ccc1Oc1ccc(NC(=O)c2ccsc2)cc1. The lowest BCUT2D eigenvalue weighted by Gasteiger charge is -2.09. The lowest BCUT2D eigenvalue weighted by atomic mass is 10.2. The van der Waals surface area contributed by atoms with Crippen molar-refractivity contribution in [1.82, 2.24) is 0 Å². The van der Waals surface area contributed by atoms with Gasteiger partial charge in [-0.1, -0.05) is 0 Å². The van der Waals surface area contributed by atoms with E-state index in [9.17, 15) is 14.9 Å². The number of carbonyl (C=O) groups is 1. The maximum absolute atomic E-state index is 12.0. The minimum absolute atomic E-state index is 0.0639. The van der Waals surface area contributed by atoms with Gasteiger partial charge in [0, 0.05) is 23.2 Å². The van der Waals surface area contributed by atoms with Crippen molar-refractivity contribution in [3.05, 3.63) is 80.5 Å². The van der Waals surface area contributed by atoms with Crippen molar-refractivity contribution >= 4 is 28.6 Å². The molecule has 8 heteroatoms. The maximum atomic E-state index is 12.0. The molecule has 2 aromatic carbocycles. The zero-order valence-electron chi connectivity index (χ0n) is 13.2. The molecule has 0 unspecified atom stereocenters. The first-order chi connectivity index (χ1) is 12.6. The van der Waals surface area contributed by atoms with Gasteiger partial charge in [-0.3, -0.25) is 14.9 Å². The molecule has 0 fully saturated rings. The maximum Gasteiger partial charge on any atom is 0.271 e. The average molecular weight is 365 g/mol. The van der Waals surface area contributed by atoms with Crippen LogP contribution in [-0.2, 0) is 0 Å². The molecule has 128 valence electrons. The van der Waals surface area contributed by atoms with Crippen LogP contribution in [0.3, 0.4) is 0 Å². The normalized spacial score (nSPS) is 9.96. The second-order valence-corrected chi connectivity index (χ2v) is 5.92. The summed E-state index contributed by atoms with van der Waals surface area (Å²) in [5.74, 6) is 0.444. The number of nitro groups is 1. The highest BCUT2D eigenvalue weighted by atomic mass is 32.1. The molecule has 0 aliphatic carbocycles. The van der Waals surface area contributed by atoms with Crippen LogP contribution in [0.1, 0.15) is 15.9 Å². The zero-order valence-corrected chi connectivity index (χ0v) is 14.0. The van der Waals surface area contributed by atoms with Crippen LogP contribution in [-0.4, -0.2) is 10.8 Å². The first-order valence-electron chi connectivity index (χ1n) is 7.37. The number of nitro benzene ring substituents is 1. The molecule has 1 aromatic heterocycles. The van der Waals surface area contributed by atoms with Gasteiger partial charge in [0.15, 0.2) is 0 Å². The number of thiophene rings is 1. The number of nitriles is 1. The fourth-order valence-electron chi connectivity index (χ4n) is 2.14. The molecule has 0 saturated carbocycles. The quantitative estimate of drug-likeness (QED) is 0.526. The topological polar surface area (TPSA) is 105 Å². The number of carbonyl (C=O) groups excluding carboxylic acids is 1. The molecule has 0 atom stereocenters. The Hall–Kier alpha value is -3.70. The number of hydrogen-bond acceptors (Lipinski definition) is 6. The molecular formula is C18H11N3O4S. The summed E-state index contributed by atoms with van der Waals surface area (Å²) >= 11 is 1.44. The fourth-order valence-corrected chi connectivity index (χ4v) is 2.77. The fraction of sp³-hybridized carbons (Fsp3) is 0. The summed E-state index contributed by atoms with van der Waals surface area (Å²) in [6, 6.07) is 14.0. The molecule has 0 aliphatic heterocycles. The lowest BCUT2D eigenvalue weighted by Crippen LogP contribution is -2.10. The minimum Gasteiger partial charge on any atom is -0.456 e. The third-order valence-electron chi connectivity index (χ3n) is 3.42. The molecule has 0 spiro atoms. The van der Waals surface area contributed by atoms with Gasteiger partial charge in [0.05, 0.1) is 10.5 Å². The predicted molar refractivity (Wildman–Crippen MR) is 96.6 cm³/mol. The number of hydrogen-bond donors (Lipinski definition) is 1. The first kappa shape index (κ1) is 17.1. The molecule has 1 heterocycles. The van der Waals surface area contributed by atoms with Crippen LogP contribution in [0.5, 0.6) is 11.5 Å². The van der Waals surface area contributed by atoms with E-state index < -0.39 is 4.92 Å². The minimum atomic E-state index is -0.574. The number of nitrogens with zero attached hydrogens (tertiary/aromatic N) is 2. The van der Waals surface area contributed by atoms with E-state index in [1.54, 1.807) is 35.7 Å². The van der Waals surface area contributed by atoms with Gasteiger partial charge < -0.3 is 10.1 Å². The van der Waals surface area contributed by atoms with E-state index in [0.29, 0.717) is 17.0 Å². The third-order valence-corrected chi connectivity index (χ3v) is 4.10. The molecule has 1 N–H and O–H groups in total. The van der Waals surface area contributed by atoms with Crippen molar-refractivity contribution in [3.8, 4) is 17.6 Å². The van der Waals surface area contributed by atoms with Crippen molar-refractivity contribution in [2.24, 2.45) is 0 Å². The Kier molecular flexibility index (Phi) is 4.92. The largest absolute Gasteiger partial charge is 0.456 e. The van der Waals surface area contributed by atoms with E-state index in [1.165, 1.54) is 23.5 Å². The van der Waals surface area contributed by atoms with Crippen molar-refractivity contribution in [2.75, 3.05) is 5.32 Å². The molecule has 0 aliphatic rings. The van der Waals surface area contributed by atoms with Crippen LogP contribution < -0.4 is 10.1 Å². The Morgan fingerprint density at radius 3 is 2.58 bits per heavy atom. The molecule has 0 saturated heterocycles. The molecule has 3 aromatic rings. The Balaban J connectivity index is 1.73. The van der Waals surface area contributed by atoms with Gasteiger partial charge >= 0.3 is 0 Å². The second-order valence-electron chi connectivity index (χ2n) is 5.14. The second kappa shape index (κ2) is 7.46. The summed E-state index contributed by atoms with van der Waals surface area (Å²) in [4.78, 5) is 22.2. The lowest BCUT2D eigenvalue weighted by molar-refractivity contribution is -0.384. The van der Waals surface area contributed by atoms with Crippen LogP contribution in [0, 0.1) is 21.4 Å². The smallest absolute Gasteiger partial charge is 0.271 e. The van der Waals surface area contributed by atoms with Gasteiger partial charge in [0.2, 0.25) is 0 Å². The summed E-state index contributed by atoms with van der Waals surface area (Å²) in [7, 11) is 0. The molecule has 0 bridgehead atoms. The zero-order chi connectivity index (χ0) is 18.5. The molecule has 7 nitrogen and oxygen atoms in total. The summed E-state index contributed by atoms with van der Waals surface area (Å²) in [5.41, 5.74) is 1.06. The third kappa shape index (κ3) is 3.85. The number of benzene rings is 2. The average Bonchev–Trinajstić information content (AvgIpc) is 3.18. The van der Waals surface area contributed by atoms with E-state index in [4.69, 9.17) is 10.00 Å². The van der Waals surface area contributed by atoms with Crippen molar-refractivity contribution in [2.45, 2.75) is 0 Å². The standard InChI is InChI=1S/C18H11N3O4S/c19-10-13-9-15(21(23)24)3-6-17(13)25-16-4-1-14(2-5-16)20-18(22)12-7-8-26-11-12/h1-9,11H,(H,20,22). The summed E-state index contributed by atoms with van der Waals surface area (Å²) in [6.07, 6.45) is 0. The molecule has 3 rings (SSSR count). The Labute approximate surface area is 152 Å². The van der Waals surface area contributed by atoms with E-state index >= 15 is 0 Å². The number of anilines is 1. The van der Waals surface area contributed by atoms with Crippen molar-refractivity contribution in [3.63, 3.8) is 0 Å². The molecule has 1 amide bonds. The van der Waals surface area contributed by atoms with Crippen LogP contribution in [0.4, 0.5) is 11.4 Å². The predicted octanol–water partition coefficient (Wildman–Crippen LogP) is 4.57. The van der Waals surface area contributed by atoms with Gasteiger partial charge in [-0.25, -0.2) is 0 Å². The number of nitrogens with one attached hydrogen (secondary N) is 1. The van der Waals surface area contributed by atoms with Crippen molar-refractivity contribution < 1.29 is 14.5 Å².